The van der Waals surface area contributed by atoms with Crippen molar-refractivity contribution < 1.29 is 14.0 Å². The Morgan fingerprint density at radius 1 is 1.15 bits per heavy atom. The Bertz CT molecular complexity index is 578. The smallest absolute Gasteiger partial charge is 0.403 e. The van der Waals surface area contributed by atoms with Gasteiger partial charge in [0.2, 0.25) is 0 Å². The first-order valence-electron chi connectivity index (χ1n) is 10.9. The molecule has 4 rings (SSSR count). The number of hydrogen-bond donors (Lipinski definition) is 1. The van der Waals surface area contributed by atoms with Crippen molar-refractivity contribution in [3.63, 3.8) is 0 Å². The number of nitrogens with one attached hydrogen (secondary N) is 1. The molecule has 1 N–H and O–H groups in total. The topological polar surface area (TPSA) is 39.7 Å². The van der Waals surface area contributed by atoms with Crippen LogP contribution in [0.5, 0.6) is 0 Å². The molecule has 0 aromatic carbocycles. The molecule has 3 fully saturated rings. The van der Waals surface area contributed by atoms with E-state index in [-0.39, 0.29) is 18.3 Å². The molecule has 0 aromatic rings. The van der Waals surface area contributed by atoms with E-state index in [4.69, 9.17) is 14.0 Å². The lowest BCUT2D eigenvalue weighted by molar-refractivity contribution is 0.00578. The molecule has 5 heteroatoms. The van der Waals surface area contributed by atoms with Crippen LogP contribution in [0, 0.1) is 17.8 Å². The van der Waals surface area contributed by atoms with Crippen LogP contribution in [0.15, 0.2) is 23.8 Å². The summed E-state index contributed by atoms with van der Waals surface area (Å²) in [5, 5.41) is 3.47. The normalized spacial score (nSPS) is 35.3. The Morgan fingerprint density at radius 3 is 2.48 bits per heavy atom. The Balaban J connectivity index is 1.17. The Labute approximate surface area is 165 Å². The van der Waals surface area contributed by atoms with Crippen molar-refractivity contribution in [3.8, 4) is 0 Å². The van der Waals surface area contributed by atoms with E-state index in [0.29, 0.717) is 5.82 Å². The van der Waals surface area contributed by atoms with Crippen LogP contribution in [0.4, 0.5) is 0 Å². The predicted molar refractivity (Wildman–Crippen MR) is 110 cm³/mol. The Kier molecular flexibility index (Phi) is 5.59. The van der Waals surface area contributed by atoms with Gasteiger partial charge in [-0.05, 0) is 89.8 Å². The van der Waals surface area contributed by atoms with E-state index in [9.17, 15) is 0 Å². The first-order valence-corrected chi connectivity index (χ1v) is 10.9. The van der Waals surface area contributed by atoms with Gasteiger partial charge >= 0.3 is 7.12 Å². The van der Waals surface area contributed by atoms with Gasteiger partial charge in [-0.1, -0.05) is 18.2 Å². The predicted octanol–water partition coefficient (Wildman–Crippen LogP) is 3.99. The summed E-state index contributed by atoms with van der Waals surface area (Å²) >= 11 is 0. The maximum absolute atomic E-state index is 6.19. The van der Waals surface area contributed by atoms with Gasteiger partial charge < -0.3 is 19.4 Å². The summed E-state index contributed by atoms with van der Waals surface area (Å²) in [5.41, 5.74) is 0.781. The van der Waals surface area contributed by atoms with Gasteiger partial charge in [-0.3, -0.25) is 0 Å². The standard InChI is InChI=1S/C22H36BNO3/c1-21(2)22(3,4)27-23(26-21)19-7-5-16(6-8-19)14-25-15-18-13-20(18)17-9-11-24-12-10-17/h5-7,17-20,24H,8-15H2,1-4H3/t18-,19?,20+/m0/s1. The van der Waals surface area contributed by atoms with Gasteiger partial charge in [0, 0.05) is 5.82 Å². The summed E-state index contributed by atoms with van der Waals surface area (Å²) in [6.45, 7) is 12.5. The molecular formula is C22H36BNO3. The highest BCUT2D eigenvalue weighted by molar-refractivity contribution is 6.48. The average Bonchev–Trinajstić information content (AvgIpc) is 3.37. The fourth-order valence-electron chi connectivity index (χ4n) is 4.69. The van der Waals surface area contributed by atoms with Gasteiger partial charge in [0.1, 0.15) is 0 Å². The zero-order valence-corrected chi connectivity index (χ0v) is 17.5. The molecule has 4 nitrogen and oxygen atoms in total. The first kappa shape index (κ1) is 19.7. The summed E-state index contributed by atoms with van der Waals surface area (Å²) in [7, 11) is -0.151. The molecule has 0 spiro atoms. The largest absolute Gasteiger partial charge is 0.465 e. The zero-order valence-electron chi connectivity index (χ0n) is 17.5. The first-order chi connectivity index (χ1) is 12.9. The molecule has 27 heavy (non-hydrogen) atoms. The van der Waals surface area contributed by atoms with E-state index < -0.39 is 0 Å². The molecule has 0 aromatic heterocycles. The Morgan fingerprint density at radius 2 is 1.85 bits per heavy atom. The van der Waals surface area contributed by atoms with Gasteiger partial charge in [0.15, 0.2) is 0 Å². The SMILES string of the molecule is CC1(C)OB(C2C=CC(COC[C@@H]3C[C@@H]3C3CCNCC3)=CC2)OC1(C)C. The van der Waals surface area contributed by atoms with Crippen LogP contribution in [0.2, 0.25) is 5.82 Å². The quantitative estimate of drug-likeness (QED) is 0.715. The van der Waals surface area contributed by atoms with E-state index in [2.05, 4.69) is 51.2 Å². The van der Waals surface area contributed by atoms with Crippen LogP contribution >= 0.6 is 0 Å². The molecule has 150 valence electrons. The minimum absolute atomic E-state index is 0.151. The van der Waals surface area contributed by atoms with E-state index in [1.165, 1.54) is 37.9 Å². The number of rotatable bonds is 6. The zero-order chi connectivity index (χ0) is 19.1. The van der Waals surface area contributed by atoms with Crippen molar-refractivity contribution in [1.82, 2.24) is 5.32 Å². The van der Waals surface area contributed by atoms with Gasteiger partial charge in [-0.2, -0.15) is 0 Å². The Hall–Kier alpha value is -0.615. The van der Waals surface area contributed by atoms with Crippen LogP contribution in [0.3, 0.4) is 0 Å². The van der Waals surface area contributed by atoms with E-state index in [1.807, 2.05) is 0 Å². The fourth-order valence-corrected chi connectivity index (χ4v) is 4.69. The van der Waals surface area contributed by atoms with Gasteiger partial charge in [0.25, 0.3) is 0 Å². The van der Waals surface area contributed by atoms with E-state index in [1.54, 1.807) is 0 Å². The van der Waals surface area contributed by atoms with Crippen LogP contribution in [0.25, 0.3) is 0 Å². The lowest BCUT2D eigenvalue weighted by atomic mass is 9.68. The number of piperidine rings is 1. The third-order valence-corrected chi connectivity index (χ3v) is 7.40. The van der Waals surface area contributed by atoms with Crippen molar-refractivity contribution in [2.24, 2.45) is 17.8 Å². The third-order valence-electron chi connectivity index (χ3n) is 7.40. The van der Waals surface area contributed by atoms with Crippen LogP contribution in [-0.2, 0) is 14.0 Å². The highest BCUT2D eigenvalue weighted by Crippen LogP contribution is 2.47. The molecule has 2 heterocycles. The van der Waals surface area contributed by atoms with Gasteiger partial charge in [-0.15, -0.1) is 0 Å². The van der Waals surface area contributed by atoms with Crippen LogP contribution in [-0.4, -0.2) is 44.6 Å². The summed E-state index contributed by atoms with van der Waals surface area (Å²) in [6, 6.07) is 0. The number of hydrogen-bond acceptors (Lipinski definition) is 4. The highest BCUT2D eigenvalue weighted by atomic mass is 16.7. The van der Waals surface area contributed by atoms with Crippen LogP contribution < -0.4 is 5.32 Å². The molecule has 0 radical (unpaired) electrons. The van der Waals surface area contributed by atoms with E-state index in [0.717, 1.165) is 37.4 Å². The molecule has 1 unspecified atom stereocenters. The molecule has 2 aliphatic carbocycles. The molecule has 2 saturated heterocycles. The number of ether oxygens (including phenoxy) is 1. The van der Waals surface area contributed by atoms with E-state index >= 15 is 0 Å². The van der Waals surface area contributed by atoms with Crippen molar-refractivity contribution in [3.05, 3.63) is 23.8 Å². The van der Waals surface area contributed by atoms with Crippen molar-refractivity contribution >= 4 is 7.12 Å². The van der Waals surface area contributed by atoms with Crippen molar-refractivity contribution in [2.45, 2.75) is 70.4 Å². The molecular weight excluding hydrogens is 337 g/mol. The fraction of sp³-hybridized carbons (Fsp3) is 0.818. The number of allylic oxidation sites excluding steroid dienone is 2. The van der Waals surface area contributed by atoms with Gasteiger partial charge in [-0.25, -0.2) is 0 Å². The van der Waals surface area contributed by atoms with Crippen LogP contribution in [0.1, 0.15) is 53.4 Å². The highest BCUT2D eigenvalue weighted by Gasteiger charge is 2.53. The molecule has 3 atom stereocenters. The summed E-state index contributed by atoms with van der Waals surface area (Å²) in [6.07, 6.45) is 11.8. The van der Waals surface area contributed by atoms with Crippen molar-refractivity contribution in [2.75, 3.05) is 26.3 Å². The maximum atomic E-state index is 6.19. The minimum atomic E-state index is -0.256. The van der Waals surface area contributed by atoms with Gasteiger partial charge in [0.05, 0.1) is 24.4 Å². The second-order valence-electron chi connectivity index (χ2n) is 9.92. The lowest BCUT2D eigenvalue weighted by Crippen LogP contribution is -2.41. The minimum Gasteiger partial charge on any atom is -0.403 e. The monoisotopic (exact) mass is 373 g/mol. The second-order valence-corrected chi connectivity index (χ2v) is 9.92. The summed E-state index contributed by atoms with van der Waals surface area (Å²) in [4.78, 5) is 0. The third kappa shape index (κ3) is 4.37. The molecule has 2 aliphatic heterocycles. The second kappa shape index (κ2) is 7.66. The summed E-state index contributed by atoms with van der Waals surface area (Å²) in [5.74, 6) is 2.96. The lowest BCUT2D eigenvalue weighted by Gasteiger charge is -2.32. The molecule has 1 saturated carbocycles. The molecule has 0 bridgehead atoms. The molecule has 0 amide bonds. The maximum Gasteiger partial charge on any atom is 0.465 e. The summed E-state index contributed by atoms with van der Waals surface area (Å²) < 4.78 is 18.4. The van der Waals surface area contributed by atoms with Crippen molar-refractivity contribution in [1.29, 1.82) is 0 Å². The molecule has 4 aliphatic rings. The average molecular weight is 373 g/mol.